The highest BCUT2D eigenvalue weighted by molar-refractivity contribution is 5.81. The van der Waals surface area contributed by atoms with Crippen LogP contribution in [0, 0.1) is 13.8 Å². The highest BCUT2D eigenvalue weighted by Gasteiger charge is 2.11. The number of nitrogens with one attached hydrogen (secondary N) is 1. The lowest BCUT2D eigenvalue weighted by Crippen LogP contribution is -2.17. The lowest BCUT2D eigenvalue weighted by Gasteiger charge is -2.17. The van der Waals surface area contributed by atoms with Gasteiger partial charge in [0.05, 0.1) is 0 Å². The number of aryl methyl sites for hydroxylation is 2. The van der Waals surface area contributed by atoms with Gasteiger partial charge in [-0.15, -0.1) is 0 Å². The fraction of sp³-hybridized carbons (Fsp3) is 0.290. The first-order chi connectivity index (χ1) is 15.7. The van der Waals surface area contributed by atoms with Crippen LogP contribution in [0.1, 0.15) is 66.3 Å². The minimum atomic E-state index is 0.633. The van der Waals surface area contributed by atoms with Gasteiger partial charge in [0.25, 0.3) is 0 Å². The standard InChI is InChI=1S/C31H35N/c1-24-12-18-27(19-13-24)31(28-20-14-25(2)15-21-28)11-7-8-26-16-22-30(23-17-26)32-29-9-5-3-4-6-10-29/h7-8,11-23,29,32H,3-6,9-10H2,1-2H3. The quantitative estimate of drug-likeness (QED) is 0.310. The van der Waals surface area contributed by atoms with Crippen LogP contribution in [0.3, 0.4) is 0 Å². The molecule has 1 N–H and O–H groups in total. The Morgan fingerprint density at radius 3 is 1.75 bits per heavy atom. The predicted octanol–water partition coefficient (Wildman–Crippen LogP) is 8.58. The maximum atomic E-state index is 3.74. The maximum absolute atomic E-state index is 3.74. The Hall–Kier alpha value is -3.06. The molecular formula is C31H35N. The van der Waals surface area contributed by atoms with Crippen LogP contribution >= 0.6 is 0 Å². The first kappa shape index (κ1) is 22.1. The Morgan fingerprint density at radius 1 is 0.688 bits per heavy atom. The van der Waals surface area contributed by atoms with E-state index in [4.69, 9.17) is 0 Å². The van der Waals surface area contributed by atoms with E-state index >= 15 is 0 Å². The first-order valence-corrected chi connectivity index (χ1v) is 12.1. The molecule has 1 heteroatoms. The molecule has 1 fully saturated rings. The fourth-order valence-corrected chi connectivity index (χ4v) is 4.43. The van der Waals surface area contributed by atoms with Gasteiger partial charge in [-0.3, -0.25) is 0 Å². The minimum absolute atomic E-state index is 0.633. The molecule has 4 rings (SSSR count). The van der Waals surface area contributed by atoms with Crippen molar-refractivity contribution in [3.63, 3.8) is 0 Å². The normalized spacial score (nSPS) is 14.8. The minimum Gasteiger partial charge on any atom is -0.382 e. The predicted molar refractivity (Wildman–Crippen MR) is 140 cm³/mol. The summed E-state index contributed by atoms with van der Waals surface area (Å²) in [6.45, 7) is 4.26. The van der Waals surface area contributed by atoms with Crippen molar-refractivity contribution in [1.29, 1.82) is 0 Å². The van der Waals surface area contributed by atoms with Gasteiger partial charge in [-0.2, -0.15) is 0 Å². The number of rotatable bonds is 6. The van der Waals surface area contributed by atoms with Crippen molar-refractivity contribution in [2.75, 3.05) is 5.32 Å². The van der Waals surface area contributed by atoms with Crippen LogP contribution < -0.4 is 5.32 Å². The second-order valence-corrected chi connectivity index (χ2v) is 9.13. The smallest absolute Gasteiger partial charge is 0.0342 e. The van der Waals surface area contributed by atoms with Crippen molar-refractivity contribution in [2.24, 2.45) is 0 Å². The molecule has 0 amide bonds. The van der Waals surface area contributed by atoms with E-state index in [0.717, 1.165) is 0 Å². The van der Waals surface area contributed by atoms with E-state index in [-0.39, 0.29) is 0 Å². The van der Waals surface area contributed by atoms with Gasteiger partial charge in [0, 0.05) is 11.7 Å². The van der Waals surface area contributed by atoms with Crippen LogP contribution in [0.2, 0.25) is 0 Å². The molecule has 1 saturated carbocycles. The summed E-state index contributed by atoms with van der Waals surface area (Å²) in [4.78, 5) is 0. The van der Waals surface area contributed by atoms with E-state index in [1.165, 1.54) is 77.6 Å². The lowest BCUT2D eigenvalue weighted by molar-refractivity contribution is 0.620. The van der Waals surface area contributed by atoms with Crippen molar-refractivity contribution in [1.82, 2.24) is 0 Å². The molecular weight excluding hydrogens is 386 g/mol. The van der Waals surface area contributed by atoms with Gasteiger partial charge in [-0.05, 0) is 61.1 Å². The average molecular weight is 422 g/mol. The molecule has 1 aliphatic rings. The Balaban J connectivity index is 1.49. The molecule has 1 aliphatic carbocycles. The van der Waals surface area contributed by atoms with Crippen molar-refractivity contribution >= 4 is 17.3 Å². The highest BCUT2D eigenvalue weighted by Crippen LogP contribution is 2.25. The van der Waals surface area contributed by atoms with Crippen molar-refractivity contribution in [2.45, 2.75) is 58.4 Å². The summed E-state index contributed by atoms with van der Waals surface area (Å²) in [6, 6.07) is 27.1. The molecule has 0 saturated heterocycles. The molecule has 32 heavy (non-hydrogen) atoms. The van der Waals surface area contributed by atoms with Gasteiger partial charge >= 0.3 is 0 Å². The van der Waals surface area contributed by atoms with Crippen LogP contribution in [-0.2, 0) is 0 Å². The third-order valence-electron chi connectivity index (χ3n) is 6.41. The first-order valence-electron chi connectivity index (χ1n) is 12.1. The van der Waals surface area contributed by atoms with Gasteiger partial charge in [0.15, 0.2) is 0 Å². The van der Waals surface area contributed by atoms with Gasteiger partial charge in [0.2, 0.25) is 0 Å². The Morgan fingerprint density at radius 2 is 1.22 bits per heavy atom. The van der Waals surface area contributed by atoms with Crippen LogP contribution in [0.5, 0.6) is 0 Å². The van der Waals surface area contributed by atoms with Crippen molar-refractivity contribution in [3.8, 4) is 0 Å². The summed E-state index contributed by atoms with van der Waals surface area (Å²) < 4.78 is 0. The number of anilines is 1. The summed E-state index contributed by atoms with van der Waals surface area (Å²) in [5.74, 6) is 0. The van der Waals surface area contributed by atoms with Crippen molar-refractivity contribution in [3.05, 3.63) is 113 Å². The van der Waals surface area contributed by atoms with Gasteiger partial charge in [-0.25, -0.2) is 0 Å². The van der Waals surface area contributed by atoms with E-state index in [9.17, 15) is 0 Å². The Labute approximate surface area is 193 Å². The number of hydrogen-bond donors (Lipinski definition) is 1. The molecule has 164 valence electrons. The molecule has 1 nitrogen and oxygen atoms in total. The van der Waals surface area contributed by atoms with Gasteiger partial charge in [-0.1, -0.05) is 116 Å². The zero-order valence-corrected chi connectivity index (χ0v) is 19.5. The summed E-state index contributed by atoms with van der Waals surface area (Å²) in [5.41, 5.74) is 8.76. The number of hydrogen-bond acceptors (Lipinski definition) is 1. The van der Waals surface area contributed by atoms with E-state index in [1.807, 2.05) is 0 Å². The maximum Gasteiger partial charge on any atom is 0.0342 e. The zero-order chi connectivity index (χ0) is 22.2. The Kier molecular flexibility index (Phi) is 7.61. The van der Waals surface area contributed by atoms with Gasteiger partial charge < -0.3 is 5.32 Å². The molecule has 0 radical (unpaired) electrons. The second kappa shape index (κ2) is 11.0. The average Bonchev–Trinajstić information content (AvgIpc) is 3.08. The lowest BCUT2D eigenvalue weighted by atomic mass is 9.96. The SMILES string of the molecule is Cc1ccc(C(=CC=Cc2ccc(NC3CCCCCC3)cc2)c2ccc(C)cc2)cc1. The summed E-state index contributed by atoms with van der Waals surface area (Å²) >= 11 is 0. The van der Waals surface area contributed by atoms with Crippen LogP contribution in [0.25, 0.3) is 11.6 Å². The second-order valence-electron chi connectivity index (χ2n) is 9.13. The molecule has 0 bridgehead atoms. The summed E-state index contributed by atoms with van der Waals surface area (Å²) in [6.07, 6.45) is 14.7. The van der Waals surface area contributed by atoms with E-state index < -0.39 is 0 Å². The number of allylic oxidation sites excluding steroid dienone is 2. The molecule has 0 aromatic heterocycles. The fourth-order valence-electron chi connectivity index (χ4n) is 4.43. The molecule has 0 spiro atoms. The third kappa shape index (κ3) is 6.23. The third-order valence-corrected chi connectivity index (χ3v) is 6.41. The van der Waals surface area contributed by atoms with E-state index in [0.29, 0.717) is 6.04 Å². The Bertz CT molecular complexity index is 982. The topological polar surface area (TPSA) is 12.0 Å². The highest BCUT2D eigenvalue weighted by atomic mass is 14.9. The number of benzene rings is 3. The largest absolute Gasteiger partial charge is 0.382 e. The molecule has 0 unspecified atom stereocenters. The van der Waals surface area contributed by atoms with Crippen LogP contribution in [0.4, 0.5) is 5.69 Å². The summed E-state index contributed by atoms with van der Waals surface area (Å²) in [7, 11) is 0. The summed E-state index contributed by atoms with van der Waals surface area (Å²) in [5, 5.41) is 3.74. The van der Waals surface area contributed by atoms with Gasteiger partial charge in [0.1, 0.15) is 0 Å². The van der Waals surface area contributed by atoms with Crippen LogP contribution in [-0.4, -0.2) is 6.04 Å². The molecule has 3 aromatic carbocycles. The zero-order valence-electron chi connectivity index (χ0n) is 19.5. The molecule has 0 aliphatic heterocycles. The van der Waals surface area contributed by atoms with E-state index in [2.05, 4.69) is 110 Å². The molecule has 0 atom stereocenters. The molecule has 0 heterocycles. The van der Waals surface area contributed by atoms with E-state index in [1.54, 1.807) is 0 Å². The monoisotopic (exact) mass is 421 g/mol. The van der Waals surface area contributed by atoms with Crippen molar-refractivity contribution < 1.29 is 0 Å². The molecule has 3 aromatic rings. The van der Waals surface area contributed by atoms with Crippen LogP contribution in [0.15, 0.2) is 84.9 Å².